The van der Waals surface area contributed by atoms with Crippen molar-refractivity contribution in [1.82, 2.24) is 23.7 Å². The van der Waals surface area contributed by atoms with E-state index in [4.69, 9.17) is 9.97 Å². The molecular formula is C64H39N5S. The molecule has 0 unspecified atom stereocenters. The smallest absolute Gasteiger partial charge is 0.235 e. The van der Waals surface area contributed by atoms with Crippen LogP contribution in [0, 0.1) is 0 Å². The Hall–Kier alpha value is -9.10. The van der Waals surface area contributed by atoms with Gasteiger partial charge in [-0.1, -0.05) is 152 Å². The summed E-state index contributed by atoms with van der Waals surface area (Å²) in [5.41, 5.74) is 15.5. The molecule has 5 aromatic heterocycles. The molecule has 10 aromatic carbocycles. The van der Waals surface area contributed by atoms with Crippen LogP contribution in [0.25, 0.3) is 137 Å². The predicted octanol–water partition coefficient (Wildman–Crippen LogP) is 17.1. The Morgan fingerprint density at radius 2 is 0.871 bits per heavy atom. The van der Waals surface area contributed by atoms with Crippen LogP contribution in [0.5, 0.6) is 0 Å². The number of fused-ring (bicyclic) bond motifs is 11. The van der Waals surface area contributed by atoms with Crippen molar-refractivity contribution in [1.29, 1.82) is 0 Å². The van der Waals surface area contributed by atoms with E-state index in [1.807, 2.05) is 0 Å². The van der Waals surface area contributed by atoms with Crippen LogP contribution in [0.3, 0.4) is 0 Å². The third-order valence-corrected chi connectivity index (χ3v) is 15.4. The summed E-state index contributed by atoms with van der Waals surface area (Å²) in [6.07, 6.45) is 0. The molecule has 0 aliphatic heterocycles. The minimum absolute atomic E-state index is 0.641. The number of rotatable bonds is 6. The summed E-state index contributed by atoms with van der Waals surface area (Å²) in [5, 5.41) is 9.53. The molecule has 15 aromatic rings. The van der Waals surface area contributed by atoms with Gasteiger partial charge in [-0.15, -0.1) is 11.3 Å². The number of hydrogen-bond acceptors (Lipinski definition) is 3. The van der Waals surface area contributed by atoms with E-state index in [2.05, 4.69) is 250 Å². The SMILES string of the molecule is c1ccc(-c2cc3nc(-n4c5ccc(-c6cccc7c6c6ccccc6n7-c6ccccc6)cc5c5cc6ccccc6cc54)nc(-c4ccc5c(c4)c4ccccc4n5-c4ccccc4)c3s2)cc1. The first-order chi connectivity index (χ1) is 34.7. The van der Waals surface area contributed by atoms with E-state index >= 15 is 0 Å². The lowest BCUT2D eigenvalue weighted by Gasteiger charge is -2.11. The molecule has 0 spiro atoms. The highest BCUT2D eigenvalue weighted by atomic mass is 32.1. The zero-order chi connectivity index (χ0) is 45.9. The maximum Gasteiger partial charge on any atom is 0.235 e. The molecule has 0 saturated heterocycles. The van der Waals surface area contributed by atoms with Crippen LogP contribution >= 0.6 is 11.3 Å². The second-order valence-corrected chi connectivity index (χ2v) is 19.2. The van der Waals surface area contributed by atoms with E-state index in [9.17, 15) is 0 Å². The Bertz CT molecular complexity index is 4580. The van der Waals surface area contributed by atoms with Crippen molar-refractivity contribution in [3.05, 3.63) is 237 Å². The van der Waals surface area contributed by atoms with Gasteiger partial charge in [-0.2, -0.15) is 0 Å². The number of aromatic nitrogens is 5. The molecule has 0 aliphatic rings. The molecule has 0 radical (unpaired) electrons. The molecular weight excluding hydrogens is 871 g/mol. The van der Waals surface area contributed by atoms with Crippen molar-refractivity contribution in [2.24, 2.45) is 0 Å². The van der Waals surface area contributed by atoms with Crippen LogP contribution in [-0.4, -0.2) is 23.7 Å². The normalized spacial score (nSPS) is 12.0. The van der Waals surface area contributed by atoms with Gasteiger partial charge in [0.15, 0.2) is 0 Å². The number of thiophene rings is 1. The molecule has 5 heterocycles. The van der Waals surface area contributed by atoms with Crippen LogP contribution in [0.15, 0.2) is 237 Å². The second-order valence-electron chi connectivity index (χ2n) is 18.2. The van der Waals surface area contributed by atoms with Gasteiger partial charge in [-0.3, -0.25) is 4.57 Å². The lowest BCUT2D eigenvalue weighted by atomic mass is 9.97. The Balaban J connectivity index is 0.990. The minimum Gasteiger partial charge on any atom is -0.309 e. The Labute approximate surface area is 406 Å². The first-order valence-electron chi connectivity index (χ1n) is 23.7. The van der Waals surface area contributed by atoms with Gasteiger partial charge in [0.25, 0.3) is 0 Å². The Kier molecular flexibility index (Phi) is 8.46. The fourth-order valence-electron chi connectivity index (χ4n) is 11.1. The first-order valence-corrected chi connectivity index (χ1v) is 24.5. The average Bonchev–Trinajstić information content (AvgIpc) is 4.18. The highest BCUT2D eigenvalue weighted by Crippen LogP contribution is 2.44. The third kappa shape index (κ3) is 5.84. The van der Waals surface area contributed by atoms with Gasteiger partial charge in [0.05, 0.1) is 49.0 Å². The van der Waals surface area contributed by atoms with E-state index in [0.717, 1.165) is 76.2 Å². The lowest BCUT2D eigenvalue weighted by Crippen LogP contribution is -2.02. The highest BCUT2D eigenvalue weighted by molar-refractivity contribution is 7.22. The number of benzene rings is 10. The molecule has 0 amide bonds. The molecule has 326 valence electrons. The molecule has 0 atom stereocenters. The Morgan fingerprint density at radius 1 is 0.329 bits per heavy atom. The average molecular weight is 910 g/mol. The molecule has 0 aliphatic carbocycles. The molecule has 6 heteroatoms. The van der Waals surface area contributed by atoms with Crippen LogP contribution < -0.4 is 0 Å². The molecule has 0 fully saturated rings. The van der Waals surface area contributed by atoms with Crippen LogP contribution in [0.4, 0.5) is 0 Å². The van der Waals surface area contributed by atoms with Gasteiger partial charge in [-0.05, 0) is 112 Å². The summed E-state index contributed by atoms with van der Waals surface area (Å²) < 4.78 is 8.12. The van der Waals surface area contributed by atoms with Crippen molar-refractivity contribution in [2.45, 2.75) is 0 Å². The third-order valence-electron chi connectivity index (χ3n) is 14.2. The quantitative estimate of drug-likeness (QED) is 0.167. The maximum atomic E-state index is 5.69. The number of hydrogen-bond donors (Lipinski definition) is 0. The standard InChI is InChI=1S/C64H39N5S/c1-4-17-40(18-5-1)60-39-53-63(70-60)62(44-32-34-56-50(37-44)48-25-12-14-28-54(48)67(56)45-21-6-2-7-22-45)66-64(65-53)69-57-33-31-43(36-51(57)52-35-41-19-10-11-20-42(41)38-59(52)69)47-27-16-30-58-61(47)49-26-13-15-29-55(49)68(58)46-23-8-3-9-24-46/h1-39H. The maximum absolute atomic E-state index is 5.69. The van der Waals surface area contributed by atoms with Gasteiger partial charge in [0.1, 0.15) is 0 Å². The molecule has 0 N–H and O–H groups in total. The van der Waals surface area contributed by atoms with E-state index in [-0.39, 0.29) is 0 Å². The van der Waals surface area contributed by atoms with Crippen molar-refractivity contribution in [2.75, 3.05) is 0 Å². The summed E-state index contributed by atoms with van der Waals surface area (Å²) in [6, 6.07) is 85.6. The van der Waals surface area contributed by atoms with Crippen LogP contribution in [-0.2, 0) is 0 Å². The number of nitrogens with zero attached hydrogens (tertiary/aromatic N) is 5. The van der Waals surface area contributed by atoms with E-state index in [1.165, 1.54) is 54.4 Å². The summed E-state index contributed by atoms with van der Waals surface area (Å²) in [7, 11) is 0. The highest BCUT2D eigenvalue weighted by Gasteiger charge is 2.23. The molecule has 5 nitrogen and oxygen atoms in total. The molecule has 15 rings (SSSR count). The molecule has 0 bridgehead atoms. The van der Waals surface area contributed by atoms with E-state index in [1.54, 1.807) is 11.3 Å². The van der Waals surface area contributed by atoms with Crippen molar-refractivity contribution >= 4 is 97.7 Å². The fraction of sp³-hybridized carbons (Fsp3) is 0. The van der Waals surface area contributed by atoms with Crippen molar-refractivity contribution in [3.8, 4) is 50.1 Å². The topological polar surface area (TPSA) is 40.6 Å². The molecule has 0 saturated carbocycles. The predicted molar refractivity (Wildman–Crippen MR) is 294 cm³/mol. The zero-order valence-electron chi connectivity index (χ0n) is 37.7. The number of para-hydroxylation sites is 4. The van der Waals surface area contributed by atoms with Gasteiger partial charge in [0.2, 0.25) is 5.95 Å². The molecule has 70 heavy (non-hydrogen) atoms. The van der Waals surface area contributed by atoms with Gasteiger partial charge < -0.3 is 9.13 Å². The van der Waals surface area contributed by atoms with Crippen LogP contribution in [0.1, 0.15) is 0 Å². The summed E-state index contributed by atoms with van der Waals surface area (Å²) in [4.78, 5) is 12.4. The van der Waals surface area contributed by atoms with Crippen LogP contribution in [0.2, 0.25) is 0 Å². The fourth-order valence-corrected chi connectivity index (χ4v) is 12.3. The zero-order valence-corrected chi connectivity index (χ0v) is 38.5. The largest absolute Gasteiger partial charge is 0.309 e. The van der Waals surface area contributed by atoms with Crippen molar-refractivity contribution < 1.29 is 0 Å². The lowest BCUT2D eigenvalue weighted by molar-refractivity contribution is 1.02. The van der Waals surface area contributed by atoms with Crippen molar-refractivity contribution in [3.63, 3.8) is 0 Å². The monoisotopic (exact) mass is 909 g/mol. The van der Waals surface area contributed by atoms with Gasteiger partial charge in [0, 0.05) is 54.1 Å². The minimum atomic E-state index is 0.641. The van der Waals surface area contributed by atoms with E-state index in [0.29, 0.717) is 5.95 Å². The van der Waals surface area contributed by atoms with E-state index < -0.39 is 0 Å². The van der Waals surface area contributed by atoms with Gasteiger partial charge in [-0.25, -0.2) is 9.97 Å². The second kappa shape index (κ2) is 15.2. The first kappa shape index (κ1) is 38.9. The Morgan fingerprint density at radius 3 is 1.63 bits per heavy atom. The summed E-state index contributed by atoms with van der Waals surface area (Å²) >= 11 is 1.76. The summed E-state index contributed by atoms with van der Waals surface area (Å²) in [6.45, 7) is 0. The van der Waals surface area contributed by atoms with Gasteiger partial charge >= 0.3 is 0 Å². The summed E-state index contributed by atoms with van der Waals surface area (Å²) in [5.74, 6) is 0.641.